The van der Waals surface area contributed by atoms with Gasteiger partial charge in [-0.05, 0) is 115 Å². The quantitative estimate of drug-likeness (QED) is 0.156. The number of benzene rings is 9. The number of fused-ring (bicyclic) bond motifs is 10. The SMILES string of the molecule is Cc1ccc(N(c2ccc(-c3ccccc3)cc2)c2ccccc2-c2cccc3c2-c2ccccc2C32c3ccccc3-c3ccccc32)cc1C(C)(C)c1ccccc1. The molecule has 286 valence electrons. The van der Waals surface area contributed by atoms with Gasteiger partial charge >= 0.3 is 0 Å². The van der Waals surface area contributed by atoms with Gasteiger partial charge in [0.15, 0.2) is 0 Å². The Labute approximate surface area is 353 Å². The van der Waals surface area contributed by atoms with E-state index in [1.165, 1.54) is 83.5 Å². The molecule has 0 fully saturated rings. The normalized spacial score (nSPS) is 13.1. The van der Waals surface area contributed by atoms with Crippen LogP contribution in [0.1, 0.15) is 52.8 Å². The molecule has 0 bridgehead atoms. The lowest BCUT2D eigenvalue weighted by Gasteiger charge is -2.33. The molecule has 1 heteroatoms. The standard InChI is InChI=1S/C59H45N/c1-40-33-36-45(39-55(40)58(2,3)43-21-8-5-9-22-43)60(44-37-34-42(35-38-44)41-19-6-4-7-20-41)56-32-17-13-25-48(56)49-27-18-31-54-57(49)50-26-12-16-30-53(50)59(54)51-28-14-10-23-46(51)47-24-11-15-29-52(47)59/h4-39H,1-3H3. The van der Waals surface area contributed by atoms with Crippen molar-refractivity contribution in [3.8, 4) is 44.5 Å². The zero-order valence-corrected chi connectivity index (χ0v) is 34.2. The highest BCUT2D eigenvalue weighted by Gasteiger charge is 2.52. The van der Waals surface area contributed by atoms with Gasteiger partial charge in [-0.25, -0.2) is 0 Å². The van der Waals surface area contributed by atoms with Crippen LogP contribution in [0.2, 0.25) is 0 Å². The summed E-state index contributed by atoms with van der Waals surface area (Å²) in [6.07, 6.45) is 0. The fraction of sp³-hybridized carbons (Fsp3) is 0.0847. The number of nitrogens with zero attached hydrogens (tertiary/aromatic N) is 1. The van der Waals surface area contributed by atoms with Crippen LogP contribution in [0, 0.1) is 6.92 Å². The van der Waals surface area contributed by atoms with Gasteiger partial charge < -0.3 is 4.90 Å². The van der Waals surface area contributed by atoms with E-state index in [1.807, 2.05) is 0 Å². The average molecular weight is 768 g/mol. The van der Waals surface area contributed by atoms with Crippen molar-refractivity contribution in [2.45, 2.75) is 31.6 Å². The second kappa shape index (κ2) is 14.0. The van der Waals surface area contributed by atoms with Crippen molar-refractivity contribution in [1.29, 1.82) is 0 Å². The van der Waals surface area contributed by atoms with Crippen LogP contribution in [0.3, 0.4) is 0 Å². The van der Waals surface area contributed by atoms with Crippen LogP contribution in [0.15, 0.2) is 218 Å². The Kier molecular flexibility index (Phi) is 8.36. The minimum Gasteiger partial charge on any atom is -0.310 e. The van der Waals surface area contributed by atoms with Crippen molar-refractivity contribution in [3.63, 3.8) is 0 Å². The summed E-state index contributed by atoms with van der Waals surface area (Å²) >= 11 is 0. The first-order chi connectivity index (χ1) is 29.5. The molecule has 60 heavy (non-hydrogen) atoms. The molecule has 0 aliphatic heterocycles. The molecule has 2 aliphatic carbocycles. The van der Waals surface area contributed by atoms with Gasteiger partial charge in [-0.1, -0.05) is 202 Å². The lowest BCUT2D eigenvalue weighted by molar-refractivity contribution is 0.636. The fourth-order valence-corrected chi connectivity index (χ4v) is 10.6. The van der Waals surface area contributed by atoms with Gasteiger partial charge in [-0.3, -0.25) is 0 Å². The van der Waals surface area contributed by atoms with E-state index in [4.69, 9.17) is 0 Å². The van der Waals surface area contributed by atoms with Crippen molar-refractivity contribution >= 4 is 17.1 Å². The second-order valence-electron chi connectivity index (χ2n) is 16.9. The average Bonchev–Trinajstić information content (AvgIpc) is 3.78. The van der Waals surface area contributed by atoms with E-state index in [9.17, 15) is 0 Å². The number of anilines is 3. The maximum atomic E-state index is 2.48. The minimum atomic E-state index is -0.411. The predicted molar refractivity (Wildman–Crippen MR) is 252 cm³/mol. The molecular weight excluding hydrogens is 723 g/mol. The summed E-state index contributed by atoms with van der Waals surface area (Å²) in [5.74, 6) is 0. The lowest BCUT2D eigenvalue weighted by atomic mass is 9.70. The molecule has 0 saturated heterocycles. The molecule has 0 saturated carbocycles. The van der Waals surface area contributed by atoms with Crippen molar-refractivity contribution < 1.29 is 0 Å². The lowest BCUT2D eigenvalue weighted by Crippen LogP contribution is -2.25. The van der Waals surface area contributed by atoms with Gasteiger partial charge in [0.2, 0.25) is 0 Å². The first-order valence-electron chi connectivity index (χ1n) is 21.1. The Morgan fingerprint density at radius 2 is 0.867 bits per heavy atom. The van der Waals surface area contributed by atoms with Crippen LogP contribution in [0.25, 0.3) is 44.5 Å². The molecule has 11 rings (SSSR count). The Balaban J connectivity index is 1.15. The van der Waals surface area contributed by atoms with Crippen LogP contribution in [-0.4, -0.2) is 0 Å². The number of rotatable bonds is 7. The van der Waals surface area contributed by atoms with Gasteiger partial charge in [-0.15, -0.1) is 0 Å². The van der Waals surface area contributed by atoms with E-state index in [2.05, 4.69) is 244 Å². The summed E-state index contributed by atoms with van der Waals surface area (Å²) in [6.45, 7) is 6.94. The van der Waals surface area contributed by atoms with Crippen molar-refractivity contribution in [2.24, 2.45) is 0 Å². The maximum absolute atomic E-state index is 2.48. The molecule has 1 nitrogen and oxygen atoms in total. The van der Waals surface area contributed by atoms with Crippen LogP contribution in [0.4, 0.5) is 17.1 Å². The monoisotopic (exact) mass is 767 g/mol. The van der Waals surface area contributed by atoms with Gasteiger partial charge in [0, 0.05) is 22.4 Å². The zero-order valence-electron chi connectivity index (χ0n) is 34.2. The maximum Gasteiger partial charge on any atom is 0.0725 e. The molecule has 0 aromatic heterocycles. The Hall–Kier alpha value is -7.22. The summed E-state index contributed by atoms with van der Waals surface area (Å²) in [5.41, 5.74) is 22.1. The van der Waals surface area contributed by atoms with Crippen LogP contribution < -0.4 is 4.90 Å². The fourth-order valence-electron chi connectivity index (χ4n) is 10.6. The van der Waals surface area contributed by atoms with Crippen LogP contribution >= 0.6 is 0 Å². The highest BCUT2D eigenvalue weighted by Crippen LogP contribution is 2.64. The first kappa shape index (κ1) is 35.9. The third-order valence-corrected chi connectivity index (χ3v) is 13.3. The highest BCUT2D eigenvalue weighted by atomic mass is 15.1. The third kappa shape index (κ3) is 5.32. The topological polar surface area (TPSA) is 3.24 Å². The summed E-state index contributed by atoms with van der Waals surface area (Å²) in [5, 5.41) is 0. The molecule has 0 atom stereocenters. The molecule has 0 unspecified atom stereocenters. The molecule has 0 N–H and O–H groups in total. The third-order valence-electron chi connectivity index (χ3n) is 13.3. The number of hydrogen-bond donors (Lipinski definition) is 0. The number of para-hydroxylation sites is 1. The summed E-state index contributed by atoms with van der Waals surface area (Å²) in [7, 11) is 0. The molecular formula is C59H45N. The highest BCUT2D eigenvalue weighted by molar-refractivity contribution is 6.02. The molecule has 1 spiro atoms. The first-order valence-corrected chi connectivity index (χ1v) is 21.1. The van der Waals surface area contributed by atoms with E-state index >= 15 is 0 Å². The van der Waals surface area contributed by atoms with Crippen molar-refractivity contribution in [3.05, 3.63) is 257 Å². The zero-order chi connectivity index (χ0) is 40.4. The van der Waals surface area contributed by atoms with E-state index < -0.39 is 5.41 Å². The molecule has 2 aliphatic rings. The van der Waals surface area contributed by atoms with Crippen LogP contribution in [0.5, 0.6) is 0 Å². The van der Waals surface area contributed by atoms with E-state index in [0.717, 1.165) is 17.1 Å². The predicted octanol–water partition coefficient (Wildman–Crippen LogP) is 15.5. The molecule has 0 amide bonds. The smallest absolute Gasteiger partial charge is 0.0725 e. The van der Waals surface area contributed by atoms with Crippen molar-refractivity contribution in [2.75, 3.05) is 4.90 Å². The second-order valence-corrected chi connectivity index (χ2v) is 16.9. The van der Waals surface area contributed by atoms with Gasteiger partial charge in [-0.2, -0.15) is 0 Å². The van der Waals surface area contributed by atoms with Gasteiger partial charge in [0.25, 0.3) is 0 Å². The van der Waals surface area contributed by atoms with Gasteiger partial charge in [0.1, 0.15) is 0 Å². The molecule has 0 radical (unpaired) electrons. The molecule has 9 aromatic rings. The van der Waals surface area contributed by atoms with E-state index in [1.54, 1.807) is 0 Å². The number of hydrogen-bond acceptors (Lipinski definition) is 1. The largest absolute Gasteiger partial charge is 0.310 e. The van der Waals surface area contributed by atoms with Crippen LogP contribution in [-0.2, 0) is 10.8 Å². The van der Waals surface area contributed by atoms with E-state index in [0.29, 0.717) is 0 Å². The van der Waals surface area contributed by atoms with Gasteiger partial charge in [0.05, 0.1) is 11.1 Å². The Morgan fingerprint density at radius 1 is 0.383 bits per heavy atom. The summed E-state index contributed by atoms with van der Waals surface area (Å²) in [6, 6.07) is 81.0. The Morgan fingerprint density at radius 3 is 1.53 bits per heavy atom. The summed E-state index contributed by atoms with van der Waals surface area (Å²) in [4.78, 5) is 2.48. The van der Waals surface area contributed by atoms with E-state index in [-0.39, 0.29) is 5.41 Å². The van der Waals surface area contributed by atoms with Crippen molar-refractivity contribution in [1.82, 2.24) is 0 Å². The minimum absolute atomic E-state index is 0.212. The summed E-state index contributed by atoms with van der Waals surface area (Å²) < 4.78 is 0. The molecule has 0 heterocycles. The Bertz CT molecular complexity index is 3020. The molecule has 9 aromatic carbocycles. The number of aryl methyl sites for hydroxylation is 1.